The van der Waals surface area contributed by atoms with Crippen molar-refractivity contribution in [1.82, 2.24) is 9.94 Å². The molecule has 2 heterocycles. The monoisotopic (exact) mass is 474 g/mol. The summed E-state index contributed by atoms with van der Waals surface area (Å²) in [4.78, 5) is 1.28. The summed E-state index contributed by atoms with van der Waals surface area (Å²) in [5.74, 6) is 0. The van der Waals surface area contributed by atoms with Crippen molar-refractivity contribution in [3.63, 3.8) is 0 Å². The minimum Gasteiger partial charge on any atom is -0.411 e. The molecule has 4 rings (SSSR count). The van der Waals surface area contributed by atoms with Gasteiger partial charge in [0.25, 0.3) is 0 Å². The zero-order chi connectivity index (χ0) is 22.2. The predicted molar refractivity (Wildman–Crippen MR) is 112 cm³/mol. The van der Waals surface area contributed by atoms with Gasteiger partial charge >= 0.3 is 6.18 Å². The van der Waals surface area contributed by atoms with Crippen molar-refractivity contribution in [2.75, 3.05) is 6.61 Å². The highest BCUT2D eigenvalue weighted by Gasteiger charge is 2.38. The number of alkyl halides is 3. The highest BCUT2D eigenvalue weighted by Crippen LogP contribution is 2.46. The lowest BCUT2D eigenvalue weighted by Crippen LogP contribution is -2.32. The molecule has 1 aromatic carbocycles. The van der Waals surface area contributed by atoms with E-state index < -0.39 is 28.6 Å². The first-order valence-corrected chi connectivity index (χ1v) is 12.4. The maximum atomic E-state index is 13.1. The topological polar surface area (TPSA) is 64.3 Å². The van der Waals surface area contributed by atoms with E-state index in [4.69, 9.17) is 4.74 Å². The van der Waals surface area contributed by atoms with Gasteiger partial charge < -0.3 is 9.94 Å². The molecule has 31 heavy (non-hydrogen) atoms. The second kappa shape index (κ2) is 8.78. The quantitative estimate of drug-likeness (QED) is 0.572. The van der Waals surface area contributed by atoms with Crippen LogP contribution in [-0.2, 0) is 21.7 Å². The molecule has 1 aliphatic carbocycles. The summed E-state index contributed by atoms with van der Waals surface area (Å²) >= 11 is 1.38. The van der Waals surface area contributed by atoms with Crippen molar-refractivity contribution in [3.8, 4) is 0 Å². The van der Waals surface area contributed by atoms with Crippen LogP contribution in [-0.4, -0.2) is 36.0 Å². The first-order chi connectivity index (χ1) is 14.6. The lowest BCUT2D eigenvalue weighted by Gasteiger charge is -2.37. The van der Waals surface area contributed by atoms with Crippen molar-refractivity contribution in [2.24, 2.45) is 0 Å². The normalized spacial score (nSPS) is 26.3. The lowest BCUT2D eigenvalue weighted by atomic mass is 9.95. The van der Waals surface area contributed by atoms with E-state index in [0.29, 0.717) is 35.1 Å². The standard InChI is InChI=1S/C21H25F3N2O3S2/c1-20(30-15-6-4-5-14(11-15)21(22,23)24)9-10-29-18(13-20)17-12-19(25-26(17)27)31(28)16-7-2-3-8-16/h4-6,11-12,16,18,27H,2-3,7-10,13H2,1H3. The van der Waals surface area contributed by atoms with Gasteiger partial charge in [-0.2, -0.15) is 13.2 Å². The van der Waals surface area contributed by atoms with Crippen LogP contribution in [0.4, 0.5) is 13.2 Å². The number of nitrogens with zero attached hydrogens (tertiary/aromatic N) is 2. The number of hydrogen-bond donors (Lipinski definition) is 1. The Balaban J connectivity index is 1.50. The van der Waals surface area contributed by atoms with E-state index in [0.717, 1.165) is 36.6 Å². The number of benzene rings is 1. The number of aromatic nitrogens is 2. The molecule has 0 radical (unpaired) electrons. The van der Waals surface area contributed by atoms with Crippen LogP contribution < -0.4 is 0 Å². The molecule has 1 aromatic heterocycles. The molecule has 10 heteroatoms. The van der Waals surface area contributed by atoms with Gasteiger partial charge in [0.05, 0.1) is 16.4 Å². The Kier molecular flexibility index (Phi) is 6.42. The Morgan fingerprint density at radius 1 is 1.29 bits per heavy atom. The molecule has 0 spiro atoms. The summed E-state index contributed by atoms with van der Waals surface area (Å²) in [6.45, 7) is 2.39. The van der Waals surface area contributed by atoms with Gasteiger partial charge in [-0.05, 0) is 50.8 Å². The van der Waals surface area contributed by atoms with Crippen LogP contribution in [0.2, 0.25) is 0 Å². The van der Waals surface area contributed by atoms with Crippen LogP contribution in [0.25, 0.3) is 0 Å². The summed E-state index contributed by atoms with van der Waals surface area (Å²) in [5.41, 5.74) is -0.242. The number of halogens is 3. The Bertz CT molecular complexity index is 960. The van der Waals surface area contributed by atoms with Crippen LogP contribution in [0.3, 0.4) is 0 Å². The van der Waals surface area contributed by atoms with E-state index in [1.165, 1.54) is 23.9 Å². The van der Waals surface area contributed by atoms with Crippen LogP contribution in [0.15, 0.2) is 40.3 Å². The fourth-order valence-corrected chi connectivity index (χ4v) is 7.05. The predicted octanol–water partition coefficient (Wildman–Crippen LogP) is 5.59. The molecule has 3 unspecified atom stereocenters. The molecule has 1 aliphatic heterocycles. The van der Waals surface area contributed by atoms with Gasteiger partial charge in [0.1, 0.15) is 11.8 Å². The van der Waals surface area contributed by atoms with Gasteiger partial charge in [0, 0.05) is 27.6 Å². The maximum Gasteiger partial charge on any atom is 0.416 e. The van der Waals surface area contributed by atoms with Crippen LogP contribution in [0.1, 0.15) is 62.8 Å². The largest absolute Gasteiger partial charge is 0.416 e. The Morgan fingerprint density at radius 3 is 2.74 bits per heavy atom. The molecule has 0 amide bonds. The number of hydrogen-bond acceptors (Lipinski definition) is 5. The first kappa shape index (κ1) is 22.7. The lowest BCUT2D eigenvalue weighted by molar-refractivity contribution is -0.137. The molecule has 1 N–H and O–H groups in total. The second-order valence-corrected chi connectivity index (χ2v) is 11.7. The molecular formula is C21H25F3N2O3S2. The Hall–Kier alpha value is -1.52. The molecule has 1 saturated carbocycles. The molecule has 5 nitrogen and oxygen atoms in total. The Morgan fingerprint density at radius 2 is 2.03 bits per heavy atom. The number of thioether (sulfide) groups is 1. The van der Waals surface area contributed by atoms with Crippen LogP contribution in [0.5, 0.6) is 0 Å². The summed E-state index contributed by atoms with van der Waals surface area (Å²) in [6.07, 6.45) is 0.173. The minimum absolute atomic E-state index is 0.0664. The third-order valence-corrected chi connectivity index (χ3v) is 8.97. The smallest absolute Gasteiger partial charge is 0.411 e. The number of rotatable bonds is 5. The molecule has 170 valence electrons. The van der Waals surface area contributed by atoms with Crippen molar-refractivity contribution < 1.29 is 27.3 Å². The highest BCUT2D eigenvalue weighted by atomic mass is 32.2. The van der Waals surface area contributed by atoms with E-state index in [2.05, 4.69) is 5.10 Å². The van der Waals surface area contributed by atoms with E-state index in [1.54, 1.807) is 12.1 Å². The van der Waals surface area contributed by atoms with Crippen LogP contribution in [0, 0.1) is 0 Å². The molecule has 2 aliphatic rings. The zero-order valence-electron chi connectivity index (χ0n) is 17.1. The van der Waals surface area contributed by atoms with Crippen molar-refractivity contribution in [3.05, 3.63) is 41.6 Å². The fourth-order valence-electron chi connectivity index (χ4n) is 4.23. The molecule has 2 aromatic rings. The number of ether oxygens (including phenoxy) is 1. The van der Waals surface area contributed by atoms with E-state index in [9.17, 15) is 22.6 Å². The van der Waals surface area contributed by atoms with Gasteiger partial charge in [-0.25, -0.2) is 0 Å². The van der Waals surface area contributed by atoms with Crippen LogP contribution >= 0.6 is 11.8 Å². The Labute approximate surface area is 185 Å². The van der Waals surface area contributed by atoms with Gasteiger partial charge in [-0.15, -0.1) is 21.7 Å². The van der Waals surface area contributed by atoms with E-state index >= 15 is 0 Å². The SMILES string of the molecule is CC1(Sc2cccc(C(F)(F)F)c2)CCOC(c2cc(S(=O)C3CCCC3)nn2O)C1. The van der Waals surface area contributed by atoms with Gasteiger partial charge in [0.2, 0.25) is 0 Å². The van der Waals surface area contributed by atoms with Gasteiger partial charge in [0.15, 0.2) is 5.03 Å². The summed E-state index contributed by atoms with van der Waals surface area (Å²) in [5, 5.41) is 14.8. The second-order valence-electron chi connectivity index (χ2n) is 8.39. The van der Waals surface area contributed by atoms with E-state index in [1.807, 2.05) is 6.92 Å². The summed E-state index contributed by atoms with van der Waals surface area (Å²) in [6, 6.07) is 6.96. The average molecular weight is 475 g/mol. The average Bonchev–Trinajstić information content (AvgIpc) is 3.36. The highest BCUT2D eigenvalue weighted by molar-refractivity contribution is 8.00. The fraction of sp³-hybridized carbons (Fsp3) is 0.571. The van der Waals surface area contributed by atoms with Crippen molar-refractivity contribution >= 4 is 22.6 Å². The van der Waals surface area contributed by atoms with Gasteiger partial charge in [-0.1, -0.05) is 18.9 Å². The summed E-state index contributed by atoms with van der Waals surface area (Å²) in [7, 11) is -1.27. The molecule has 0 bridgehead atoms. The zero-order valence-corrected chi connectivity index (χ0v) is 18.7. The minimum atomic E-state index is -4.38. The van der Waals surface area contributed by atoms with Gasteiger partial charge in [-0.3, -0.25) is 4.21 Å². The third kappa shape index (κ3) is 5.12. The third-order valence-electron chi connectivity index (χ3n) is 5.93. The van der Waals surface area contributed by atoms with Crippen molar-refractivity contribution in [2.45, 2.75) is 77.6 Å². The maximum absolute atomic E-state index is 13.1. The van der Waals surface area contributed by atoms with E-state index in [-0.39, 0.29) is 10.00 Å². The molecule has 1 saturated heterocycles. The molecular weight excluding hydrogens is 449 g/mol. The molecule has 3 atom stereocenters. The van der Waals surface area contributed by atoms with Crippen molar-refractivity contribution in [1.29, 1.82) is 0 Å². The molecule has 2 fully saturated rings. The first-order valence-electron chi connectivity index (χ1n) is 10.3. The summed E-state index contributed by atoms with van der Waals surface area (Å²) < 4.78 is 57.4.